The Morgan fingerprint density at radius 3 is 2.70 bits per heavy atom. The highest BCUT2D eigenvalue weighted by Crippen LogP contribution is 2.27. The molecule has 4 heteroatoms. The minimum Gasteiger partial charge on any atom is -0.389 e. The highest BCUT2D eigenvalue weighted by atomic mass is 16.3. The SMILES string of the molecule is C[C@H](O)c1ccc(C#N)cc1N(C)CCN1CCCC1. The summed E-state index contributed by atoms with van der Waals surface area (Å²) in [5, 5.41) is 18.9. The molecule has 0 bridgehead atoms. The third kappa shape index (κ3) is 3.50. The van der Waals surface area contributed by atoms with Gasteiger partial charge in [-0.3, -0.25) is 0 Å². The number of hydrogen-bond donors (Lipinski definition) is 1. The standard InChI is InChI=1S/C16H23N3O/c1-13(20)15-6-5-14(12-17)11-16(15)18(2)9-10-19-7-3-4-8-19/h5-6,11,13,20H,3-4,7-10H2,1-2H3/t13-/m0/s1. The molecule has 0 aromatic heterocycles. The summed E-state index contributed by atoms with van der Waals surface area (Å²) in [6.07, 6.45) is 2.08. The Bertz CT molecular complexity index is 487. The predicted octanol–water partition coefficient (Wildman–Crippen LogP) is 2.14. The van der Waals surface area contributed by atoms with Gasteiger partial charge in [-0.1, -0.05) is 6.07 Å². The number of nitriles is 1. The van der Waals surface area contributed by atoms with Crippen LogP contribution < -0.4 is 4.90 Å². The second kappa shape index (κ2) is 6.74. The van der Waals surface area contributed by atoms with Gasteiger partial charge in [-0.15, -0.1) is 0 Å². The Morgan fingerprint density at radius 2 is 2.10 bits per heavy atom. The lowest BCUT2D eigenvalue weighted by Gasteiger charge is -2.26. The monoisotopic (exact) mass is 273 g/mol. The number of anilines is 1. The highest BCUT2D eigenvalue weighted by Gasteiger charge is 2.15. The summed E-state index contributed by atoms with van der Waals surface area (Å²) < 4.78 is 0. The van der Waals surface area contributed by atoms with E-state index in [9.17, 15) is 5.11 Å². The van der Waals surface area contributed by atoms with Gasteiger partial charge >= 0.3 is 0 Å². The number of benzene rings is 1. The Labute approximate surface area is 121 Å². The van der Waals surface area contributed by atoms with Gasteiger partial charge in [0.1, 0.15) is 0 Å². The van der Waals surface area contributed by atoms with Crippen molar-refractivity contribution >= 4 is 5.69 Å². The van der Waals surface area contributed by atoms with Gasteiger partial charge in [0.15, 0.2) is 0 Å². The molecule has 0 amide bonds. The number of hydrogen-bond acceptors (Lipinski definition) is 4. The van der Waals surface area contributed by atoms with Crippen LogP contribution in [0.4, 0.5) is 5.69 Å². The number of nitrogens with zero attached hydrogens (tertiary/aromatic N) is 3. The summed E-state index contributed by atoms with van der Waals surface area (Å²) in [4.78, 5) is 4.61. The van der Waals surface area contributed by atoms with Crippen LogP contribution in [0.5, 0.6) is 0 Å². The lowest BCUT2D eigenvalue weighted by Crippen LogP contribution is -2.32. The quantitative estimate of drug-likeness (QED) is 0.893. The van der Waals surface area contributed by atoms with Gasteiger partial charge in [0.25, 0.3) is 0 Å². The Hall–Kier alpha value is -1.57. The molecule has 1 aromatic carbocycles. The van der Waals surface area contributed by atoms with Crippen LogP contribution in [-0.4, -0.2) is 43.2 Å². The molecule has 1 fully saturated rings. The van der Waals surface area contributed by atoms with Crippen LogP contribution in [0.25, 0.3) is 0 Å². The van der Waals surface area contributed by atoms with E-state index in [-0.39, 0.29) is 0 Å². The van der Waals surface area contributed by atoms with E-state index in [1.165, 1.54) is 25.9 Å². The topological polar surface area (TPSA) is 50.5 Å². The fourth-order valence-corrected chi connectivity index (χ4v) is 2.72. The van der Waals surface area contributed by atoms with Gasteiger partial charge in [-0.2, -0.15) is 5.26 Å². The first-order valence-electron chi connectivity index (χ1n) is 7.27. The molecule has 0 saturated carbocycles. The molecule has 1 heterocycles. The summed E-state index contributed by atoms with van der Waals surface area (Å²) >= 11 is 0. The molecular formula is C16H23N3O. The van der Waals surface area contributed by atoms with Gasteiger partial charge in [-0.05, 0) is 45.0 Å². The van der Waals surface area contributed by atoms with Crippen molar-refractivity contribution in [3.05, 3.63) is 29.3 Å². The summed E-state index contributed by atoms with van der Waals surface area (Å²) in [5.41, 5.74) is 2.48. The molecule has 108 valence electrons. The Balaban J connectivity index is 2.10. The van der Waals surface area contributed by atoms with Crippen molar-refractivity contribution in [2.45, 2.75) is 25.9 Å². The molecule has 0 spiro atoms. The maximum Gasteiger partial charge on any atom is 0.0992 e. The maximum atomic E-state index is 9.88. The molecule has 1 atom stereocenters. The molecule has 1 aliphatic heterocycles. The minimum absolute atomic E-state index is 0.521. The van der Waals surface area contributed by atoms with Crippen molar-refractivity contribution in [1.29, 1.82) is 5.26 Å². The van der Waals surface area contributed by atoms with Crippen LogP contribution in [-0.2, 0) is 0 Å². The normalized spacial score (nSPS) is 16.9. The van der Waals surface area contributed by atoms with E-state index in [0.717, 1.165) is 24.3 Å². The van der Waals surface area contributed by atoms with E-state index >= 15 is 0 Å². The summed E-state index contributed by atoms with van der Waals surface area (Å²) in [6.45, 7) is 6.09. The largest absolute Gasteiger partial charge is 0.389 e. The fraction of sp³-hybridized carbons (Fsp3) is 0.562. The van der Waals surface area contributed by atoms with Crippen LogP contribution in [0, 0.1) is 11.3 Å². The molecule has 20 heavy (non-hydrogen) atoms. The second-order valence-corrected chi connectivity index (χ2v) is 5.53. The molecule has 0 radical (unpaired) electrons. The van der Waals surface area contributed by atoms with Crippen molar-refractivity contribution in [2.75, 3.05) is 38.1 Å². The number of likely N-dealkylation sites (N-methyl/N-ethyl adjacent to an activating group) is 1. The van der Waals surface area contributed by atoms with Crippen molar-refractivity contribution in [3.8, 4) is 6.07 Å². The Morgan fingerprint density at radius 1 is 1.40 bits per heavy atom. The van der Waals surface area contributed by atoms with E-state index in [1.54, 1.807) is 13.0 Å². The summed E-state index contributed by atoms with van der Waals surface area (Å²) in [6, 6.07) is 7.65. The van der Waals surface area contributed by atoms with Gasteiger partial charge in [0, 0.05) is 31.4 Å². The maximum absolute atomic E-state index is 9.88. The number of rotatable bonds is 5. The zero-order chi connectivity index (χ0) is 14.5. The van der Waals surface area contributed by atoms with Crippen LogP contribution in [0.2, 0.25) is 0 Å². The second-order valence-electron chi connectivity index (χ2n) is 5.53. The third-order valence-corrected chi connectivity index (χ3v) is 3.97. The molecule has 2 rings (SSSR count). The first-order chi connectivity index (χ1) is 9.61. The third-order valence-electron chi connectivity index (χ3n) is 3.97. The molecule has 1 N–H and O–H groups in total. The lowest BCUT2D eigenvalue weighted by atomic mass is 10.0. The van der Waals surface area contributed by atoms with E-state index in [2.05, 4.69) is 15.9 Å². The van der Waals surface area contributed by atoms with Crippen molar-refractivity contribution in [3.63, 3.8) is 0 Å². The number of aliphatic hydroxyl groups excluding tert-OH is 1. The molecule has 1 saturated heterocycles. The van der Waals surface area contributed by atoms with E-state index < -0.39 is 6.10 Å². The number of aliphatic hydroxyl groups is 1. The first kappa shape index (κ1) is 14.8. The molecule has 1 aliphatic rings. The average Bonchev–Trinajstić information content (AvgIpc) is 2.97. The van der Waals surface area contributed by atoms with Crippen molar-refractivity contribution < 1.29 is 5.11 Å². The molecule has 4 nitrogen and oxygen atoms in total. The zero-order valence-electron chi connectivity index (χ0n) is 12.3. The van der Waals surface area contributed by atoms with E-state index in [1.807, 2.05) is 19.2 Å². The summed E-state index contributed by atoms with van der Waals surface area (Å²) in [5.74, 6) is 0. The first-order valence-corrected chi connectivity index (χ1v) is 7.27. The van der Waals surface area contributed by atoms with Gasteiger partial charge < -0.3 is 14.9 Å². The fourth-order valence-electron chi connectivity index (χ4n) is 2.72. The lowest BCUT2D eigenvalue weighted by molar-refractivity contribution is 0.199. The minimum atomic E-state index is -0.521. The van der Waals surface area contributed by atoms with E-state index in [4.69, 9.17) is 5.26 Å². The van der Waals surface area contributed by atoms with Crippen molar-refractivity contribution in [1.82, 2.24) is 4.90 Å². The van der Waals surface area contributed by atoms with Gasteiger partial charge in [0.05, 0.1) is 17.7 Å². The van der Waals surface area contributed by atoms with Crippen LogP contribution in [0.15, 0.2) is 18.2 Å². The predicted molar refractivity (Wildman–Crippen MR) is 80.7 cm³/mol. The summed E-state index contributed by atoms with van der Waals surface area (Å²) in [7, 11) is 2.03. The zero-order valence-corrected chi connectivity index (χ0v) is 12.3. The molecule has 0 unspecified atom stereocenters. The Kier molecular flexibility index (Phi) is 4.99. The van der Waals surface area contributed by atoms with Crippen LogP contribution >= 0.6 is 0 Å². The number of likely N-dealkylation sites (tertiary alicyclic amines) is 1. The average molecular weight is 273 g/mol. The van der Waals surface area contributed by atoms with Crippen LogP contribution in [0.1, 0.15) is 37.0 Å². The van der Waals surface area contributed by atoms with E-state index in [0.29, 0.717) is 5.56 Å². The molecule has 1 aromatic rings. The van der Waals surface area contributed by atoms with Crippen LogP contribution in [0.3, 0.4) is 0 Å². The van der Waals surface area contributed by atoms with Crippen molar-refractivity contribution in [2.24, 2.45) is 0 Å². The smallest absolute Gasteiger partial charge is 0.0992 e. The van der Waals surface area contributed by atoms with Gasteiger partial charge in [-0.25, -0.2) is 0 Å². The van der Waals surface area contributed by atoms with Gasteiger partial charge in [0.2, 0.25) is 0 Å². The molecular weight excluding hydrogens is 250 g/mol. The highest BCUT2D eigenvalue weighted by molar-refractivity contribution is 5.58. The molecule has 0 aliphatic carbocycles.